The van der Waals surface area contributed by atoms with E-state index in [1.807, 2.05) is 12.2 Å². The Morgan fingerprint density at radius 2 is 1.84 bits per heavy atom. The van der Waals surface area contributed by atoms with Crippen molar-refractivity contribution in [2.75, 3.05) is 13.7 Å². The standard InChI is InChI=1S/C38H51N7O10S/c1-21(2)30(42-36(50)51)32(47)40-27-12-10-8-6-7-9-11-23-19-38(23,35(49)44-56(52,53)37(4)15-16-37)43-31(46)29-18-25(20-45(29)34(27)48)55-33-22(3)39-26-14-13-24(54-5)17-28(26)41-33/h9,11,13-14,17,21,23,25,27,29-30,42H,6-8,10,12,15-16,18-20H2,1-5H3,(H,40,47)(H,43,46)(H,44,49)(H,50,51)/b11-9-/t23-,25-,27+,29+,30?,38-/m1/s1. The van der Waals surface area contributed by atoms with Crippen molar-refractivity contribution in [1.29, 1.82) is 0 Å². The fraction of sp³-hybridized carbons (Fsp3) is 0.605. The number of hydrogen-bond donors (Lipinski definition) is 5. The van der Waals surface area contributed by atoms with Crippen LogP contribution in [0.5, 0.6) is 11.6 Å². The van der Waals surface area contributed by atoms with Crippen molar-refractivity contribution >= 4 is 50.8 Å². The molecule has 0 radical (unpaired) electrons. The van der Waals surface area contributed by atoms with Crippen molar-refractivity contribution in [3.8, 4) is 11.6 Å². The maximum atomic E-state index is 14.6. The quantitative estimate of drug-likeness (QED) is 0.218. The second-order valence-electron chi connectivity index (χ2n) is 15.9. The zero-order chi connectivity index (χ0) is 40.6. The first-order chi connectivity index (χ1) is 26.5. The number of benzene rings is 1. The van der Waals surface area contributed by atoms with Crippen molar-refractivity contribution in [2.45, 2.75) is 120 Å². The Morgan fingerprint density at radius 3 is 2.52 bits per heavy atom. The van der Waals surface area contributed by atoms with Crippen molar-refractivity contribution in [3.05, 3.63) is 36.0 Å². The number of methoxy groups -OCH3 is 1. The molecule has 1 unspecified atom stereocenters. The highest BCUT2D eigenvalue weighted by Gasteiger charge is 2.63. The molecule has 2 aliphatic carbocycles. The highest BCUT2D eigenvalue weighted by Crippen LogP contribution is 2.47. The Bertz CT molecular complexity index is 2040. The van der Waals surface area contributed by atoms with Crippen molar-refractivity contribution < 1.29 is 47.0 Å². The summed E-state index contributed by atoms with van der Waals surface area (Å²) in [5.41, 5.74) is 0.00132. The Kier molecular flexibility index (Phi) is 11.5. The van der Waals surface area contributed by atoms with Gasteiger partial charge in [0.1, 0.15) is 41.2 Å². The topological polar surface area (TPSA) is 235 Å². The molecule has 2 aliphatic heterocycles. The third kappa shape index (κ3) is 8.54. The lowest BCUT2D eigenvalue weighted by Crippen LogP contribution is -2.59. The van der Waals surface area contributed by atoms with E-state index in [2.05, 4.69) is 30.6 Å². The smallest absolute Gasteiger partial charge is 0.405 e. The van der Waals surface area contributed by atoms with E-state index in [1.54, 1.807) is 45.9 Å². The molecule has 304 valence electrons. The number of carboxylic acid groups (broad SMARTS) is 1. The van der Waals surface area contributed by atoms with E-state index < -0.39 is 86.1 Å². The maximum Gasteiger partial charge on any atom is 0.405 e. The van der Waals surface area contributed by atoms with Crippen LogP contribution in [0, 0.1) is 18.8 Å². The molecule has 1 aromatic carbocycles. The van der Waals surface area contributed by atoms with Gasteiger partial charge in [-0.2, -0.15) is 0 Å². The second kappa shape index (κ2) is 15.9. The summed E-state index contributed by atoms with van der Waals surface area (Å²) in [5, 5.41) is 17.2. The summed E-state index contributed by atoms with van der Waals surface area (Å²) in [5.74, 6) is -2.98. The Balaban J connectivity index is 1.32. The summed E-state index contributed by atoms with van der Waals surface area (Å²) in [6.07, 6.45) is 5.33. The number of fused-ring (bicyclic) bond motifs is 3. The summed E-state index contributed by atoms with van der Waals surface area (Å²) < 4.78 is 39.2. The molecule has 5 amide bonds. The van der Waals surface area contributed by atoms with Crippen molar-refractivity contribution in [1.82, 2.24) is 35.5 Å². The SMILES string of the molecule is COc1ccc2nc(C)c(O[C@@H]3C[C@H]4C(=O)N[C@]5(C(=O)NS(=O)(=O)C6(C)CC6)C[C@H]5/C=C\CCCCC[C@H](NC(=O)C(NC(=O)O)C(C)C)C(=O)N4C3)nc2c1. The van der Waals surface area contributed by atoms with Crippen LogP contribution in [0.1, 0.15) is 84.3 Å². The normalized spacial score (nSPS) is 27.4. The molecule has 5 N–H and O–H groups in total. The van der Waals surface area contributed by atoms with Crippen LogP contribution in [0.2, 0.25) is 0 Å². The Hall–Kier alpha value is -5.00. The van der Waals surface area contributed by atoms with Crippen LogP contribution < -0.4 is 30.1 Å². The number of hydrogen-bond acceptors (Lipinski definition) is 11. The van der Waals surface area contributed by atoms with Gasteiger partial charge >= 0.3 is 6.09 Å². The summed E-state index contributed by atoms with van der Waals surface area (Å²) in [6.45, 7) is 6.54. The van der Waals surface area contributed by atoms with E-state index in [-0.39, 0.29) is 31.7 Å². The first-order valence-corrected chi connectivity index (χ1v) is 20.6. The minimum atomic E-state index is -4.03. The third-order valence-electron chi connectivity index (χ3n) is 11.3. The summed E-state index contributed by atoms with van der Waals surface area (Å²) in [6, 6.07) is 1.75. The van der Waals surface area contributed by atoms with Gasteiger partial charge in [0, 0.05) is 18.4 Å². The molecule has 6 atom stereocenters. The molecule has 4 aliphatic rings. The largest absolute Gasteiger partial charge is 0.497 e. The lowest BCUT2D eigenvalue weighted by atomic mass is 10.0. The predicted octanol–water partition coefficient (Wildman–Crippen LogP) is 2.47. The first-order valence-electron chi connectivity index (χ1n) is 19.1. The fourth-order valence-electron chi connectivity index (χ4n) is 7.38. The maximum absolute atomic E-state index is 14.6. The molecule has 1 aromatic heterocycles. The van der Waals surface area contributed by atoms with Crippen LogP contribution in [0.3, 0.4) is 0 Å². The second-order valence-corrected chi connectivity index (χ2v) is 18.1. The van der Waals surface area contributed by atoms with E-state index in [0.717, 1.165) is 6.42 Å². The van der Waals surface area contributed by atoms with E-state index in [4.69, 9.17) is 9.47 Å². The number of aromatic nitrogens is 2. The van der Waals surface area contributed by atoms with Gasteiger partial charge in [-0.05, 0) is 70.4 Å². The predicted molar refractivity (Wildman–Crippen MR) is 203 cm³/mol. The van der Waals surface area contributed by atoms with Crippen LogP contribution in [-0.2, 0) is 29.2 Å². The molecule has 17 nitrogen and oxygen atoms in total. The molecule has 0 spiro atoms. The molecule has 2 aromatic rings. The number of aryl methyl sites for hydroxylation is 1. The summed E-state index contributed by atoms with van der Waals surface area (Å²) >= 11 is 0. The van der Waals surface area contributed by atoms with Gasteiger partial charge in [-0.1, -0.05) is 38.8 Å². The minimum absolute atomic E-state index is 0.0285. The third-order valence-corrected chi connectivity index (χ3v) is 13.5. The van der Waals surface area contributed by atoms with Gasteiger partial charge in [-0.15, -0.1) is 0 Å². The molecule has 0 bridgehead atoms. The first kappa shape index (κ1) is 40.7. The number of nitrogens with one attached hydrogen (secondary N) is 4. The highest BCUT2D eigenvalue weighted by molar-refractivity contribution is 7.91. The molecule has 6 rings (SSSR count). The number of amides is 5. The average molecular weight is 798 g/mol. The summed E-state index contributed by atoms with van der Waals surface area (Å²) in [7, 11) is -2.50. The van der Waals surface area contributed by atoms with Gasteiger partial charge in [-0.3, -0.25) is 23.9 Å². The van der Waals surface area contributed by atoms with Gasteiger partial charge in [0.25, 0.3) is 5.91 Å². The lowest BCUT2D eigenvalue weighted by Gasteiger charge is -2.31. The monoisotopic (exact) mass is 797 g/mol. The van der Waals surface area contributed by atoms with Gasteiger partial charge in [0.2, 0.25) is 33.6 Å². The molecular formula is C38H51N7O10S. The van der Waals surface area contributed by atoms with Gasteiger partial charge in [-0.25, -0.2) is 23.2 Å². The number of carbonyl (C=O) groups excluding carboxylic acids is 4. The molecule has 56 heavy (non-hydrogen) atoms. The van der Waals surface area contributed by atoms with Gasteiger partial charge in [0.15, 0.2) is 0 Å². The number of ether oxygens (including phenoxy) is 2. The molecule has 18 heteroatoms. The van der Waals surface area contributed by atoms with Crippen LogP contribution in [-0.4, -0.2) is 106 Å². The number of nitrogens with zero attached hydrogens (tertiary/aromatic N) is 3. The van der Waals surface area contributed by atoms with Crippen LogP contribution in [0.25, 0.3) is 11.0 Å². The van der Waals surface area contributed by atoms with Crippen LogP contribution in [0.4, 0.5) is 4.79 Å². The fourth-order valence-corrected chi connectivity index (χ4v) is 8.69. The molecule has 1 saturated heterocycles. The van der Waals surface area contributed by atoms with Crippen molar-refractivity contribution in [3.63, 3.8) is 0 Å². The van der Waals surface area contributed by atoms with Gasteiger partial charge < -0.3 is 35.4 Å². The van der Waals surface area contributed by atoms with E-state index >= 15 is 0 Å². The van der Waals surface area contributed by atoms with Gasteiger partial charge in [0.05, 0.1) is 29.4 Å². The van der Waals surface area contributed by atoms with E-state index in [1.165, 1.54) is 12.0 Å². The van der Waals surface area contributed by atoms with Crippen LogP contribution >= 0.6 is 0 Å². The average Bonchev–Trinajstić information content (AvgIpc) is 4.02. The Morgan fingerprint density at radius 1 is 1.09 bits per heavy atom. The van der Waals surface area contributed by atoms with Crippen LogP contribution in [0.15, 0.2) is 30.4 Å². The van der Waals surface area contributed by atoms with E-state index in [9.17, 15) is 37.5 Å². The zero-order valence-electron chi connectivity index (χ0n) is 32.3. The minimum Gasteiger partial charge on any atom is -0.497 e. The molecule has 3 heterocycles. The number of rotatable bonds is 10. The number of carbonyl (C=O) groups is 5. The van der Waals surface area contributed by atoms with E-state index in [0.29, 0.717) is 54.6 Å². The number of sulfonamides is 1. The zero-order valence-corrected chi connectivity index (χ0v) is 33.1. The lowest BCUT2D eigenvalue weighted by molar-refractivity contribution is -0.142. The highest BCUT2D eigenvalue weighted by atomic mass is 32.2. The summed E-state index contributed by atoms with van der Waals surface area (Å²) in [4.78, 5) is 78.5. The molecule has 3 fully saturated rings. The Labute approximate surface area is 325 Å². The molecule has 2 saturated carbocycles. The molecular weight excluding hydrogens is 747 g/mol. The number of allylic oxidation sites excluding steroid dienone is 1. The van der Waals surface area contributed by atoms with Crippen molar-refractivity contribution in [2.24, 2.45) is 11.8 Å².